The molecule has 2 rings (SSSR count). The molecule has 1 aromatic carbocycles. The van der Waals surface area contributed by atoms with E-state index in [-0.39, 0.29) is 5.82 Å². The van der Waals surface area contributed by atoms with Crippen molar-refractivity contribution in [3.63, 3.8) is 0 Å². The van der Waals surface area contributed by atoms with Crippen molar-refractivity contribution >= 4 is 15.9 Å². The molecule has 1 saturated carbocycles. The monoisotopic (exact) mass is 341 g/mol. The van der Waals surface area contributed by atoms with Crippen molar-refractivity contribution in [2.75, 3.05) is 6.54 Å². The van der Waals surface area contributed by atoms with Crippen LogP contribution in [0, 0.1) is 17.2 Å². The molecule has 0 unspecified atom stereocenters. The summed E-state index contributed by atoms with van der Waals surface area (Å²) in [4.78, 5) is 0. The SMILES string of the molecule is CC(C)CC1(CNCc2ccc(Br)cc2F)CCCC1. The zero-order valence-electron chi connectivity index (χ0n) is 12.5. The van der Waals surface area contributed by atoms with Crippen molar-refractivity contribution in [2.45, 2.75) is 52.5 Å². The van der Waals surface area contributed by atoms with Crippen LogP contribution >= 0.6 is 15.9 Å². The van der Waals surface area contributed by atoms with Crippen LogP contribution in [0.1, 0.15) is 51.5 Å². The van der Waals surface area contributed by atoms with Gasteiger partial charge < -0.3 is 5.32 Å². The molecule has 0 spiro atoms. The summed E-state index contributed by atoms with van der Waals surface area (Å²) in [5.41, 5.74) is 1.20. The summed E-state index contributed by atoms with van der Waals surface area (Å²) >= 11 is 3.29. The molecule has 0 atom stereocenters. The van der Waals surface area contributed by atoms with Gasteiger partial charge in [-0.15, -0.1) is 0 Å². The van der Waals surface area contributed by atoms with Crippen LogP contribution in [0.4, 0.5) is 4.39 Å². The Hall–Kier alpha value is -0.410. The second-order valence-electron chi connectivity index (χ2n) is 6.64. The standard InChI is InChI=1S/C17H25BrFN/c1-13(2)10-17(7-3-4-8-17)12-20-11-14-5-6-15(18)9-16(14)19/h5-6,9,13,20H,3-4,7-8,10-12H2,1-2H3. The van der Waals surface area contributed by atoms with Gasteiger partial charge in [0.2, 0.25) is 0 Å². The second-order valence-corrected chi connectivity index (χ2v) is 7.56. The van der Waals surface area contributed by atoms with Crippen molar-refractivity contribution in [1.29, 1.82) is 0 Å². The number of rotatable bonds is 6. The predicted octanol–water partition coefficient (Wildman–Crippen LogP) is 5.28. The van der Waals surface area contributed by atoms with Crippen molar-refractivity contribution < 1.29 is 4.39 Å². The first-order chi connectivity index (χ1) is 9.51. The third kappa shape index (κ3) is 4.29. The largest absolute Gasteiger partial charge is 0.312 e. The van der Waals surface area contributed by atoms with Gasteiger partial charge in [-0.1, -0.05) is 48.7 Å². The summed E-state index contributed by atoms with van der Waals surface area (Å²) in [5.74, 6) is 0.607. The van der Waals surface area contributed by atoms with Crippen molar-refractivity contribution in [1.82, 2.24) is 5.32 Å². The molecule has 20 heavy (non-hydrogen) atoms. The lowest BCUT2D eigenvalue weighted by Gasteiger charge is -2.31. The molecule has 1 fully saturated rings. The van der Waals surface area contributed by atoms with Gasteiger partial charge in [-0.3, -0.25) is 0 Å². The van der Waals surface area contributed by atoms with E-state index in [2.05, 4.69) is 35.1 Å². The second kappa shape index (κ2) is 7.04. The molecule has 1 aliphatic rings. The fraction of sp³-hybridized carbons (Fsp3) is 0.647. The minimum absolute atomic E-state index is 0.129. The normalized spacial score (nSPS) is 17.9. The Kier molecular flexibility index (Phi) is 5.62. The highest BCUT2D eigenvalue weighted by Crippen LogP contribution is 2.42. The van der Waals surface area contributed by atoms with E-state index < -0.39 is 0 Å². The summed E-state index contributed by atoms with van der Waals surface area (Å²) < 4.78 is 14.6. The molecule has 3 heteroatoms. The van der Waals surface area contributed by atoms with Crippen molar-refractivity contribution in [2.24, 2.45) is 11.3 Å². The molecular formula is C17H25BrFN. The maximum Gasteiger partial charge on any atom is 0.128 e. The average molecular weight is 342 g/mol. The lowest BCUT2D eigenvalue weighted by atomic mass is 9.78. The summed E-state index contributed by atoms with van der Waals surface area (Å²) in [6.45, 7) is 6.24. The maximum absolute atomic E-state index is 13.8. The molecule has 1 nitrogen and oxygen atoms in total. The van der Waals surface area contributed by atoms with E-state index in [0.29, 0.717) is 12.0 Å². The Balaban J connectivity index is 1.90. The van der Waals surface area contributed by atoms with E-state index in [0.717, 1.165) is 22.5 Å². The molecule has 0 radical (unpaired) electrons. The molecule has 0 aromatic heterocycles. The van der Waals surface area contributed by atoms with E-state index in [1.807, 2.05) is 12.1 Å². The molecule has 1 N–H and O–H groups in total. The number of halogens is 2. The minimum atomic E-state index is -0.129. The highest BCUT2D eigenvalue weighted by molar-refractivity contribution is 9.10. The van der Waals surface area contributed by atoms with E-state index in [9.17, 15) is 4.39 Å². The topological polar surface area (TPSA) is 12.0 Å². The molecule has 112 valence electrons. The first-order valence-electron chi connectivity index (χ1n) is 7.65. The van der Waals surface area contributed by atoms with E-state index in [1.165, 1.54) is 38.2 Å². The first-order valence-corrected chi connectivity index (χ1v) is 8.45. The molecule has 0 heterocycles. The van der Waals surface area contributed by atoms with E-state index in [4.69, 9.17) is 0 Å². The van der Waals surface area contributed by atoms with Crippen LogP contribution in [0.2, 0.25) is 0 Å². The molecule has 1 aromatic rings. The highest BCUT2D eigenvalue weighted by atomic mass is 79.9. The van der Waals surface area contributed by atoms with Crippen LogP contribution in [0.25, 0.3) is 0 Å². The van der Waals surface area contributed by atoms with Gasteiger partial charge >= 0.3 is 0 Å². The van der Waals surface area contributed by atoms with E-state index in [1.54, 1.807) is 0 Å². The van der Waals surface area contributed by atoms with Gasteiger partial charge in [-0.25, -0.2) is 4.39 Å². The Labute approximate surface area is 130 Å². The molecule has 0 aliphatic heterocycles. The van der Waals surface area contributed by atoms with Crippen molar-refractivity contribution in [3.8, 4) is 0 Å². The van der Waals surface area contributed by atoms with Gasteiger partial charge in [0.05, 0.1) is 0 Å². The van der Waals surface area contributed by atoms with Crippen LogP contribution in [-0.4, -0.2) is 6.54 Å². The van der Waals surface area contributed by atoms with Crippen molar-refractivity contribution in [3.05, 3.63) is 34.1 Å². The minimum Gasteiger partial charge on any atom is -0.312 e. The quantitative estimate of drug-likeness (QED) is 0.741. The Morgan fingerprint density at radius 1 is 1.30 bits per heavy atom. The molecule has 0 amide bonds. The Morgan fingerprint density at radius 3 is 2.60 bits per heavy atom. The van der Waals surface area contributed by atoms with Gasteiger partial charge in [0.1, 0.15) is 5.82 Å². The van der Waals surface area contributed by atoms with Gasteiger partial charge in [-0.2, -0.15) is 0 Å². The third-order valence-electron chi connectivity index (χ3n) is 4.34. The molecule has 0 saturated heterocycles. The zero-order chi connectivity index (χ0) is 14.6. The van der Waals surface area contributed by atoms with Crippen LogP contribution in [-0.2, 0) is 6.54 Å². The number of benzene rings is 1. The van der Waals surface area contributed by atoms with Gasteiger partial charge in [0, 0.05) is 23.1 Å². The number of hydrogen-bond donors (Lipinski definition) is 1. The summed E-state index contributed by atoms with van der Waals surface area (Å²) in [6.07, 6.45) is 6.62. The van der Waals surface area contributed by atoms with Gasteiger partial charge in [-0.05, 0) is 42.7 Å². The fourth-order valence-electron chi connectivity index (χ4n) is 3.57. The number of nitrogens with one attached hydrogen (secondary N) is 1. The van der Waals surface area contributed by atoms with E-state index >= 15 is 0 Å². The summed E-state index contributed by atoms with van der Waals surface area (Å²) in [7, 11) is 0. The van der Waals surface area contributed by atoms with Crippen LogP contribution < -0.4 is 5.32 Å². The highest BCUT2D eigenvalue weighted by Gasteiger charge is 2.33. The van der Waals surface area contributed by atoms with Crippen LogP contribution in [0.3, 0.4) is 0 Å². The molecular weight excluding hydrogens is 317 g/mol. The maximum atomic E-state index is 13.8. The smallest absolute Gasteiger partial charge is 0.128 e. The lowest BCUT2D eigenvalue weighted by molar-refractivity contribution is 0.223. The number of hydrogen-bond acceptors (Lipinski definition) is 1. The third-order valence-corrected chi connectivity index (χ3v) is 4.83. The van der Waals surface area contributed by atoms with Crippen LogP contribution in [0.5, 0.6) is 0 Å². The average Bonchev–Trinajstić information content (AvgIpc) is 2.80. The Morgan fingerprint density at radius 2 is 2.00 bits per heavy atom. The predicted molar refractivity (Wildman–Crippen MR) is 86.2 cm³/mol. The zero-order valence-corrected chi connectivity index (χ0v) is 14.1. The summed E-state index contributed by atoms with van der Waals surface area (Å²) in [6, 6.07) is 5.30. The van der Waals surface area contributed by atoms with Crippen LogP contribution in [0.15, 0.2) is 22.7 Å². The van der Waals surface area contributed by atoms with Gasteiger partial charge in [0.25, 0.3) is 0 Å². The fourth-order valence-corrected chi connectivity index (χ4v) is 3.90. The summed E-state index contributed by atoms with van der Waals surface area (Å²) in [5, 5.41) is 3.49. The molecule has 1 aliphatic carbocycles. The first kappa shape index (κ1) is 16.0. The lowest BCUT2D eigenvalue weighted by Crippen LogP contribution is -2.33. The molecule has 0 bridgehead atoms. The Bertz CT molecular complexity index is 439. The van der Waals surface area contributed by atoms with Gasteiger partial charge in [0.15, 0.2) is 0 Å².